The summed E-state index contributed by atoms with van der Waals surface area (Å²) in [6.07, 6.45) is 7.45. The largest absolute Gasteiger partial charge is 0.394 e. The monoisotopic (exact) mass is 284 g/mol. The van der Waals surface area contributed by atoms with Crippen LogP contribution >= 0.6 is 0 Å². The van der Waals surface area contributed by atoms with Gasteiger partial charge in [0.15, 0.2) is 0 Å². The molecule has 0 aromatic rings. The Morgan fingerprint density at radius 1 is 1.35 bits per heavy atom. The minimum Gasteiger partial charge on any atom is -0.394 e. The molecule has 0 bridgehead atoms. The van der Waals surface area contributed by atoms with E-state index in [-0.39, 0.29) is 12.1 Å². The van der Waals surface area contributed by atoms with Crippen LogP contribution in [0.3, 0.4) is 0 Å². The van der Waals surface area contributed by atoms with Crippen LogP contribution in [-0.2, 0) is 4.74 Å². The third-order valence-corrected chi connectivity index (χ3v) is 4.98. The number of methoxy groups -OCH3 is 1. The van der Waals surface area contributed by atoms with E-state index in [1.807, 2.05) is 7.11 Å². The molecule has 4 nitrogen and oxygen atoms in total. The average Bonchev–Trinajstić information content (AvgIpc) is 2.47. The van der Waals surface area contributed by atoms with Crippen LogP contribution in [0.5, 0.6) is 0 Å². The normalized spacial score (nSPS) is 36.5. The SMILES string of the molecule is COC1CCCN(C2CCCC(CO)(NC(C)C)C2)C1. The van der Waals surface area contributed by atoms with E-state index < -0.39 is 0 Å². The Labute approximate surface area is 123 Å². The van der Waals surface area contributed by atoms with Gasteiger partial charge in [-0.1, -0.05) is 13.8 Å². The first-order valence-electron chi connectivity index (χ1n) is 8.24. The molecule has 2 fully saturated rings. The molecule has 2 aliphatic rings. The molecule has 118 valence electrons. The number of ether oxygens (including phenoxy) is 1. The van der Waals surface area contributed by atoms with E-state index in [4.69, 9.17) is 4.74 Å². The summed E-state index contributed by atoms with van der Waals surface area (Å²) in [4.78, 5) is 2.60. The van der Waals surface area contributed by atoms with Crippen molar-refractivity contribution < 1.29 is 9.84 Å². The Balaban J connectivity index is 1.98. The van der Waals surface area contributed by atoms with Gasteiger partial charge < -0.3 is 15.2 Å². The van der Waals surface area contributed by atoms with Gasteiger partial charge >= 0.3 is 0 Å². The lowest BCUT2D eigenvalue weighted by Crippen LogP contribution is -2.58. The highest BCUT2D eigenvalue weighted by atomic mass is 16.5. The molecule has 1 saturated heterocycles. The van der Waals surface area contributed by atoms with Gasteiger partial charge in [0.25, 0.3) is 0 Å². The van der Waals surface area contributed by atoms with Crippen molar-refractivity contribution in [1.82, 2.24) is 10.2 Å². The van der Waals surface area contributed by atoms with E-state index >= 15 is 0 Å². The lowest BCUT2D eigenvalue weighted by atomic mass is 9.78. The van der Waals surface area contributed by atoms with Crippen molar-refractivity contribution in [3.05, 3.63) is 0 Å². The van der Waals surface area contributed by atoms with E-state index in [9.17, 15) is 5.11 Å². The highest BCUT2D eigenvalue weighted by Crippen LogP contribution is 2.33. The van der Waals surface area contributed by atoms with E-state index in [1.54, 1.807) is 0 Å². The quantitative estimate of drug-likeness (QED) is 0.807. The van der Waals surface area contributed by atoms with E-state index in [0.29, 0.717) is 18.2 Å². The fourth-order valence-electron chi connectivity index (χ4n) is 4.07. The standard InChI is InChI=1S/C16H32N2O2/c1-13(2)17-16(12-19)8-4-6-14(10-16)18-9-5-7-15(11-18)20-3/h13-15,17,19H,4-12H2,1-3H3. The second-order valence-corrected chi connectivity index (χ2v) is 6.98. The maximum atomic E-state index is 9.90. The van der Waals surface area contributed by atoms with Crippen LogP contribution in [0.4, 0.5) is 0 Å². The molecule has 1 heterocycles. The summed E-state index contributed by atoms with van der Waals surface area (Å²) in [5.41, 5.74) is -0.0723. The first-order chi connectivity index (χ1) is 9.58. The van der Waals surface area contributed by atoms with Gasteiger partial charge in [0.2, 0.25) is 0 Å². The molecule has 2 rings (SSSR count). The zero-order chi connectivity index (χ0) is 14.6. The third kappa shape index (κ3) is 3.94. The molecule has 3 unspecified atom stereocenters. The zero-order valence-corrected chi connectivity index (χ0v) is 13.4. The van der Waals surface area contributed by atoms with Crippen molar-refractivity contribution in [3.8, 4) is 0 Å². The van der Waals surface area contributed by atoms with Crippen molar-refractivity contribution in [1.29, 1.82) is 0 Å². The number of nitrogens with zero attached hydrogens (tertiary/aromatic N) is 1. The Bertz CT molecular complexity index is 298. The van der Waals surface area contributed by atoms with Crippen molar-refractivity contribution in [2.75, 3.05) is 26.8 Å². The highest BCUT2D eigenvalue weighted by molar-refractivity contribution is 4.98. The summed E-state index contributed by atoms with van der Waals surface area (Å²) < 4.78 is 5.55. The smallest absolute Gasteiger partial charge is 0.0698 e. The summed E-state index contributed by atoms with van der Waals surface area (Å²) in [6.45, 7) is 6.84. The van der Waals surface area contributed by atoms with Crippen LogP contribution in [0, 0.1) is 0 Å². The molecular formula is C16H32N2O2. The molecule has 4 heteroatoms. The molecule has 20 heavy (non-hydrogen) atoms. The first kappa shape index (κ1) is 16.2. The predicted molar refractivity (Wildman–Crippen MR) is 81.9 cm³/mol. The molecule has 1 aliphatic carbocycles. The van der Waals surface area contributed by atoms with Gasteiger partial charge in [-0.05, 0) is 45.1 Å². The number of rotatable bonds is 5. The number of piperidine rings is 1. The van der Waals surface area contributed by atoms with E-state index in [1.165, 1.54) is 32.2 Å². The van der Waals surface area contributed by atoms with E-state index in [2.05, 4.69) is 24.1 Å². The fraction of sp³-hybridized carbons (Fsp3) is 1.00. The molecule has 3 atom stereocenters. The van der Waals surface area contributed by atoms with Gasteiger partial charge in [-0.25, -0.2) is 0 Å². The summed E-state index contributed by atoms with van der Waals surface area (Å²) in [5, 5.41) is 13.5. The minimum absolute atomic E-state index is 0.0723. The van der Waals surface area contributed by atoms with Gasteiger partial charge in [-0.15, -0.1) is 0 Å². The maximum Gasteiger partial charge on any atom is 0.0698 e. The van der Waals surface area contributed by atoms with Crippen LogP contribution in [-0.4, -0.2) is 60.5 Å². The Morgan fingerprint density at radius 2 is 2.15 bits per heavy atom. The maximum absolute atomic E-state index is 9.90. The summed E-state index contributed by atoms with van der Waals surface area (Å²) >= 11 is 0. The number of hydrogen-bond acceptors (Lipinski definition) is 4. The number of likely N-dealkylation sites (tertiary alicyclic amines) is 1. The van der Waals surface area contributed by atoms with Gasteiger partial charge in [0.1, 0.15) is 0 Å². The minimum atomic E-state index is -0.0723. The second-order valence-electron chi connectivity index (χ2n) is 6.98. The molecule has 0 radical (unpaired) electrons. The predicted octanol–water partition coefficient (Wildman–Crippen LogP) is 1.77. The van der Waals surface area contributed by atoms with Gasteiger partial charge in [0.05, 0.1) is 12.7 Å². The van der Waals surface area contributed by atoms with Gasteiger partial charge in [0, 0.05) is 31.3 Å². The topological polar surface area (TPSA) is 44.7 Å². The molecule has 0 spiro atoms. The molecule has 0 aromatic heterocycles. The van der Waals surface area contributed by atoms with Crippen LogP contribution in [0.2, 0.25) is 0 Å². The summed E-state index contributed by atoms with van der Waals surface area (Å²) in [6, 6.07) is 1.02. The number of nitrogens with one attached hydrogen (secondary N) is 1. The Hall–Kier alpha value is -0.160. The summed E-state index contributed by atoms with van der Waals surface area (Å²) in [5.74, 6) is 0. The highest BCUT2D eigenvalue weighted by Gasteiger charge is 2.39. The third-order valence-electron chi connectivity index (χ3n) is 4.98. The molecule has 0 aromatic carbocycles. The van der Waals surface area contributed by atoms with Crippen molar-refractivity contribution in [3.63, 3.8) is 0 Å². The number of aliphatic hydroxyl groups is 1. The Kier molecular flexibility index (Phi) is 5.84. The van der Waals surface area contributed by atoms with Crippen LogP contribution in [0.25, 0.3) is 0 Å². The molecule has 1 saturated carbocycles. The van der Waals surface area contributed by atoms with E-state index in [0.717, 1.165) is 19.4 Å². The van der Waals surface area contributed by atoms with Crippen molar-refractivity contribution in [2.24, 2.45) is 0 Å². The summed E-state index contributed by atoms with van der Waals surface area (Å²) in [7, 11) is 1.83. The van der Waals surface area contributed by atoms with Crippen LogP contribution in [0.1, 0.15) is 52.4 Å². The number of aliphatic hydroxyl groups excluding tert-OH is 1. The second kappa shape index (κ2) is 7.21. The lowest BCUT2D eigenvalue weighted by molar-refractivity contribution is -0.0102. The fourth-order valence-corrected chi connectivity index (χ4v) is 4.07. The van der Waals surface area contributed by atoms with Gasteiger partial charge in [-0.3, -0.25) is 4.90 Å². The lowest BCUT2D eigenvalue weighted by Gasteiger charge is -2.47. The average molecular weight is 284 g/mol. The van der Waals surface area contributed by atoms with Crippen molar-refractivity contribution in [2.45, 2.75) is 76.1 Å². The molecular weight excluding hydrogens is 252 g/mol. The van der Waals surface area contributed by atoms with Crippen molar-refractivity contribution >= 4 is 0 Å². The zero-order valence-electron chi connectivity index (χ0n) is 13.4. The molecule has 0 amide bonds. The molecule has 2 N–H and O–H groups in total. The Morgan fingerprint density at radius 3 is 2.80 bits per heavy atom. The number of hydrogen-bond donors (Lipinski definition) is 2. The van der Waals surface area contributed by atoms with Gasteiger partial charge in [-0.2, -0.15) is 0 Å². The first-order valence-corrected chi connectivity index (χ1v) is 8.24. The molecule has 1 aliphatic heterocycles. The van der Waals surface area contributed by atoms with Crippen LogP contribution in [0.15, 0.2) is 0 Å². The van der Waals surface area contributed by atoms with Crippen LogP contribution < -0.4 is 5.32 Å².